The van der Waals surface area contributed by atoms with Gasteiger partial charge in [-0.3, -0.25) is 0 Å². The van der Waals surface area contributed by atoms with E-state index in [2.05, 4.69) is 9.98 Å². The van der Waals surface area contributed by atoms with Crippen LogP contribution in [0.1, 0.15) is 19.4 Å². The largest absolute Gasteiger partial charge is 0.443 e. The zero-order chi connectivity index (χ0) is 20.6. The van der Waals surface area contributed by atoms with Crippen molar-refractivity contribution in [2.45, 2.75) is 31.9 Å². The monoisotopic (exact) mass is 435 g/mol. The molecule has 1 aromatic carbocycles. The van der Waals surface area contributed by atoms with Crippen molar-refractivity contribution in [3.05, 3.63) is 33.8 Å². The molecule has 1 aliphatic heterocycles. The van der Waals surface area contributed by atoms with E-state index in [0.29, 0.717) is 0 Å². The zero-order valence-corrected chi connectivity index (χ0v) is 15.4. The van der Waals surface area contributed by atoms with Crippen LogP contribution >= 0.6 is 23.2 Å². The summed E-state index contributed by atoms with van der Waals surface area (Å²) in [6, 6.07) is 2.65. The number of hydrogen-bond acceptors (Lipinski definition) is 4. The van der Waals surface area contributed by atoms with Gasteiger partial charge < -0.3 is 9.64 Å². The van der Waals surface area contributed by atoms with Crippen molar-refractivity contribution in [1.29, 1.82) is 0 Å². The molecule has 150 valence electrons. The van der Waals surface area contributed by atoms with E-state index in [1.54, 1.807) is 0 Å². The number of aliphatic imine (C=N–C) groups is 2. The summed E-state index contributed by atoms with van der Waals surface area (Å²) in [5.74, 6) is -0.955. The Balaban J connectivity index is 2.76. The summed E-state index contributed by atoms with van der Waals surface area (Å²) >= 11 is 11.6. The first-order valence-corrected chi connectivity index (χ1v) is 8.33. The van der Waals surface area contributed by atoms with Crippen molar-refractivity contribution < 1.29 is 31.1 Å². The van der Waals surface area contributed by atoms with Gasteiger partial charge in [-0.1, -0.05) is 23.2 Å². The van der Waals surface area contributed by atoms with Gasteiger partial charge in [0.2, 0.25) is 5.90 Å². The van der Waals surface area contributed by atoms with E-state index in [9.17, 15) is 26.3 Å². The summed E-state index contributed by atoms with van der Waals surface area (Å²) in [7, 11) is 0. The lowest BCUT2D eigenvalue weighted by Gasteiger charge is -2.36. The minimum Gasteiger partial charge on any atom is -0.406 e. The van der Waals surface area contributed by atoms with Crippen LogP contribution in [-0.2, 0) is 4.74 Å². The average molecular weight is 436 g/mol. The van der Waals surface area contributed by atoms with E-state index in [0.717, 1.165) is 17.0 Å². The standard InChI is InChI=1S/C15H13Cl2F6N3O/c1-3-26(4-2)12-25-13(14(18,19)20,15(21,22)23)24-11(27-12)9-6-5-8(16)7-10(9)17/h5-7H,3-4H2,1-2H3. The Kier molecular flexibility index (Phi) is 5.91. The van der Waals surface area contributed by atoms with Gasteiger partial charge in [0.25, 0.3) is 6.02 Å². The Morgan fingerprint density at radius 2 is 1.56 bits per heavy atom. The van der Waals surface area contributed by atoms with Gasteiger partial charge in [0.05, 0.1) is 10.6 Å². The molecular formula is C15H13Cl2F6N3O. The van der Waals surface area contributed by atoms with Gasteiger partial charge >= 0.3 is 18.0 Å². The lowest BCUT2D eigenvalue weighted by Crippen LogP contribution is -2.58. The second kappa shape index (κ2) is 7.38. The van der Waals surface area contributed by atoms with Gasteiger partial charge in [-0.15, -0.1) is 0 Å². The maximum Gasteiger partial charge on any atom is 0.443 e. The predicted molar refractivity (Wildman–Crippen MR) is 89.3 cm³/mol. The molecule has 0 saturated heterocycles. The summed E-state index contributed by atoms with van der Waals surface area (Å²) in [4.78, 5) is 6.76. The van der Waals surface area contributed by atoms with E-state index < -0.39 is 29.9 Å². The Morgan fingerprint density at radius 3 is 2.00 bits per heavy atom. The molecule has 4 nitrogen and oxygen atoms in total. The molecule has 1 aromatic rings. The molecule has 0 unspecified atom stereocenters. The van der Waals surface area contributed by atoms with E-state index >= 15 is 0 Å². The van der Waals surface area contributed by atoms with Gasteiger partial charge in [0.1, 0.15) is 0 Å². The Morgan fingerprint density at radius 1 is 1.00 bits per heavy atom. The molecule has 0 aliphatic carbocycles. The number of alkyl halides is 6. The summed E-state index contributed by atoms with van der Waals surface area (Å²) in [6.07, 6.45) is -11.7. The molecule has 0 aromatic heterocycles. The summed E-state index contributed by atoms with van der Waals surface area (Å²) in [5.41, 5.74) is -4.99. The molecule has 12 heteroatoms. The minimum atomic E-state index is -5.86. The molecule has 2 rings (SSSR count). The predicted octanol–water partition coefficient (Wildman–Crippen LogP) is 5.29. The van der Waals surface area contributed by atoms with Gasteiger partial charge in [-0.25, -0.2) is 4.99 Å². The molecule has 0 saturated carbocycles. The molecule has 0 fully saturated rings. The van der Waals surface area contributed by atoms with Gasteiger partial charge in [-0.05, 0) is 32.0 Å². The molecule has 27 heavy (non-hydrogen) atoms. The van der Waals surface area contributed by atoms with Gasteiger partial charge in [-0.2, -0.15) is 31.3 Å². The van der Waals surface area contributed by atoms with Crippen LogP contribution in [0.15, 0.2) is 28.2 Å². The second-order valence-corrected chi connectivity index (χ2v) is 6.22. The molecule has 0 spiro atoms. The van der Waals surface area contributed by atoms with Crippen molar-refractivity contribution in [1.82, 2.24) is 4.90 Å². The Labute approximate surface area is 160 Å². The number of rotatable bonds is 3. The highest BCUT2D eigenvalue weighted by atomic mass is 35.5. The van der Waals surface area contributed by atoms with E-state index in [1.807, 2.05) is 0 Å². The number of hydrogen-bond donors (Lipinski definition) is 0. The van der Waals surface area contributed by atoms with Crippen LogP contribution in [0.25, 0.3) is 0 Å². The molecule has 1 heterocycles. The molecule has 1 aliphatic rings. The van der Waals surface area contributed by atoms with Crippen LogP contribution in [0.2, 0.25) is 10.0 Å². The molecule has 0 radical (unpaired) electrons. The van der Waals surface area contributed by atoms with E-state index in [-0.39, 0.29) is 28.7 Å². The first-order valence-electron chi connectivity index (χ1n) is 7.57. The first-order chi connectivity index (χ1) is 12.4. The summed E-state index contributed by atoms with van der Waals surface area (Å²) in [6.45, 7) is 3.17. The molecule has 0 atom stereocenters. The average Bonchev–Trinajstić information content (AvgIpc) is 2.53. The van der Waals surface area contributed by atoms with Crippen molar-refractivity contribution in [2.75, 3.05) is 13.1 Å². The van der Waals surface area contributed by atoms with Crippen molar-refractivity contribution >= 4 is 35.1 Å². The normalized spacial score (nSPS) is 17.1. The van der Waals surface area contributed by atoms with E-state index in [4.69, 9.17) is 27.9 Å². The summed E-state index contributed by atoms with van der Waals surface area (Å²) < 4.78 is 86.4. The Hall–Kier alpha value is -1.68. The molecule has 0 amide bonds. The highest BCUT2D eigenvalue weighted by Crippen LogP contribution is 2.49. The first kappa shape index (κ1) is 21.6. The number of halogens is 8. The third kappa shape index (κ3) is 3.96. The van der Waals surface area contributed by atoms with Crippen molar-refractivity contribution in [2.24, 2.45) is 9.98 Å². The second-order valence-electron chi connectivity index (χ2n) is 5.38. The van der Waals surface area contributed by atoms with Crippen LogP contribution in [0.4, 0.5) is 26.3 Å². The van der Waals surface area contributed by atoms with Crippen LogP contribution < -0.4 is 0 Å². The van der Waals surface area contributed by atoms with E-state index in [1.165, 1.54) is 19.9 Å². The SMILES string of the molecule is CCN(CC)C1=NC(C(F)(F)F)(C(F)(F)F)N=C(c2ccc(Cl)cc2Cl)O1. The van der Waals surface area contributed by atoms with Crippen molar-refractivity contribution in [3.63, 3.8) is 0 Å². The minimum absolute atomic E-state index is 0.0583. The van der Waals surface area contributed by atoms with Crippen LogP contribution in [-0.4, -0.2) is 47.9 Å². The van der Waals surface area contributed by atoms with Crippen LogP contribution in [0.3, 0.4) is 0 Å². The fourth-order valence-electron chi connectivity index (χ4n) is 2.26. The van der Waals surface area contributed by atoms with Crippen LogP contribution in [0.5, 0.6) is 0 Å². The lowest BCUT2D eigenvalue weighted by atomic mass is 10.1. The Bertz CT molecular complexity index is 758. The third-order valence-corrected chi connectivity index (χ3v) is 4.24. The smallest absolute Gasteiger partial charge is 0.406 e. The molecule has 0 bridgehead atoms. The maximum absolute atomic E-state index is 13.5. The van der Waals surface area contributed by atoms with Gasteiger partial charge in [0, 0.05) is 18.1 Å². The number of nitrogens with zero attached hydrogens (tertiary/aromatic N) is 3. The third-order valence-electron chi connectivity index (χ3n) is 3.69. The highest BCUT2D eigenvalue weighted by Gasteiger charge is 2.74. The number of ether oxygens (including phenoxy) is 1. The summed E-state index contributed by atoms with van der Waals surface area (Å²) in [5, 5.41) is -0.0870. The fourth-order valence-corrected chi connectivity index (χ4v) is 2.75. The quantitative estimate of drug-likeness (QED) is 0.605. The fraction of sp³-hybridized carbons (Fsp3) is 0.467. The number of benzene rings is 1. The zero-order valence-electron chi connectivity index (χ0n) is 13.9. The molecule has 0 N–H and O–H groups in total. The van der Waals surface area contributed by atoms with Crippen LogP contribution in [0, 0.1) is 0 Å². The topological polar surface area (TPSA) is 37.2 Å². The molecular weight excluding hydrogens is 423 g/mol. The lowest BCUT2D eigenvalue weighted by molar-refractivity contribution is -0.293. The maximum atomic E-state index is 13.5. The van der Waals surface area contributed by atoms with Crippen molar-refractivity contribution in [3.8, 4) is 0 Å². The van der Waals surface area contributed by atoms with Gasteiger partial charge in [0.15, 0.2) is 0 Å². The highest BCUT2D eigenvalue weighted by molar-refractivity contribution is 6.37. The number of amidine groups is 1.